The van der Waals surface area contributed by atoms with E-state index in [0.717, 1.165) is 22.6 Å². The molecule has 3 aromatic rings. The van der Waals surface area contributed by atoms with Gasteiger partial charge in [0.15, 0.2) is 5.82 Å². The van der Waals surface area contributed by atoms with Crippen LogP contribution in [0.2, 0.25) is 0 Å². The average Bonchev–Trinajstić information content (AvgIpc) is 3.21. The molecule has 7 nitrogen and oxygen atoms in total. The second kappa shape index (κ2) is 7.57. The van der Waals surface area contributed by atoms with Crippen molar-refractivity contribution in [2.75, 3.05) is 12.0 Å². The third-order valence-corrected chi connectivity index (χ3v) is 3.88. The van der Waals surface area contributed by atoms with Crippen LogP contribution in [0.3, 0.4) is 0 Å². The zero-order valence-corrected chi connectivity index (χ0v) is 14.1. The van der Waals surface area contributed by atoms with Gasteiger partial charge < -0.3 is 9.64 Å². The predicted molar refractivity (Wildman–Crippen MR) is 94.1 cm³/mol. The van der Waals surface area contributed by atoms with Crippen LogP contribution in [0.25, 0.3) is 11.4 Å². The third kappa shape index (κ3) is 3.82. The van der Waals surface area contributed by atoms with Gasteiger partial charge in [-0.15, -0.1) is 5.10 Å². The Morgan fingerprint density at radius 2 is 2.00 bits per heavy atom. The second-order valence-corrected chi connectivity index (χ2v) is 5.48. The number of benzene rings is 2. The van der Waals surface area contributed by atoms with E-state index in [2.05, 4.69) is 20.6 Å². The molecule has 1 aromatic heterocycles. The maximum Gasteiger partial charge on any atom is 0.227 e. The van der Waals surface area contributed by atoms with Crippen LogP contribution in [0.15, 0.2) is 48.5 Å². The Labute approximate surface area is 145 Å². The lowest BCUT2D eigenvalue weighted by Gasteiger charge is -2.23. The Kier molecular flexibility index (Phi) is 5.03. The van der Waals surface area contributed by atoms with Crippen molar-refractivity contribution in [2.24, 2.45) is 0 Å². The highest BCUT2D eigenvalue weighted by molar-refractivity contribution is 5.93. The summed E-state index contributed by atoms with van der Waals surface area (Å²) < 4.78 is 5.18. The Bertz CT molecular complexity index is 831. The first-order chi connectivity index (χ1) is 12.2. The van der Waals surface area contributed by atoms with Gasteiger partial charge in [0.25, 0.3) is 0 Å². The summed E-state index contributed by atoms with van der Waals surface area (Å²) in [6.45, 7) is 2.34. The molecule has 0 radical (unpaired) electrons. The van der Waals surface area contributed by atoms with Crippen molar-refractivity contribution in [3.63, 3.8) is 0 Å². The van der Waals surface area contributed by atoms with E-state index in [1.807, 2.05) is 55.5 Å². The standard InChI is InChI=1S/C18H19N5O2/c1-3-17(24)23(12-13-7-9-16(25-2)10-8-13)15-6-4-5-14(11-15)18-19-21-22-20-18/h4-11H,3,12H2,1-2H3,(H,19,20,21,22). The minimum absolute atomic E-state index is 0.0451. The van der Waals surface area contributed by atoms with Crippen LogP contribution in [0.1, 0.15) is 18.9 Å². The van der Waals surface area contributed by atoms with Gasteiger partial charge in [0.2, 0.25) is 5.91 Å². The van der Waals surface area contributed by atoms with Crippen LogP contribution in [-0.4, -0.2) is 33.6 Å². The Hall–Kier alpha value is -3.22. The van der Waals surface area contributed by atoms with Gasteiger partial charge in [0.1, 0.15) is 5.75 Å². The fraction of sp³-hybridized carbons (Fsp3) is 0.222. The summed E-state index contributed by atoms with van der Waals surface area (Å²) in [5.74, 6) is 1.40. The SMILES string of the molecule is CCC(=O)N(Cc1ccc(OC)cc1)c1cccc(-c2nnn[nH]2)c1. The normalized spacial score (nSPS) is 10.5. The van der Waals surface area contributed by atoms with Gasteiger partial charge in [-0.3, -0.25) is 4.79 Å². The maximum absolute atomic E-state index is 12.5. The molecule has 7 heteroatoms. The number of aromatic amines is 1. The number of carbonyl (C=O) groups is 1. The average molecular weight is 337 g/mol. The van der Waals surface area contributed by atoms with Crippen molar-refractivity contribution in [3.05, 3.63) is 54.1 Å². The number of hydrogen-bond donors (Lipinski definition) is 1. The van der Waals surface area contributed by atoms with Gasteiger partial charge >= 0.3 is 0 Å². The molecule has 0 aliphatic carbocycles. The summed E-state index contributed by atoms with van der Waals surface area (Å²) in [6.07, 6.45) is 0.421. The van der Waals surface area contributed by atoms with Gasteiger partial charge in [-0.25, -0.2) is 5.10 Å². The van der Waals surface area contributed by atoms with Crippen molar-refractivity contribution >= 4 is 11.6 Å². The Morgan fingerprint density at radius 1 is 1.20 bits per heavy atom. The third-order valence-electron chi connectivity index (χ3n) is 3.88. The molecule has 0 atom stereocenters. The molecule has 0 unspecified atom stereocenters. The molecule has 0 saturated carbocycles. The summed E-state index contributed by atoms with van der Waals surface area (Å²) in [5, 5.41) is 13.8. The number of amides is 1. The van der Waals surface area contributed by atoms with Gasteiger partial charge in [0, 0.05) is 17.7 Å². The molecular formula is C18H19N5O2. The molecule has 1 N–H and O–H groups in total. The van der Waals surface area contributed by atoms with Crippen molar-refractivity contribution in [3.8, 4) is 17.1 Å². The summed E-state index contributed by atoms with van der Waals surface area (Å²) >= 11 is 0. The maximum atomic E-state index is 12.5. The van der Waals surface area contributed by atoms with Crippen LogP contribution in [0.4, 0.5) is 5.69 Å². The Balaban J connectivity index is 1.90. The van der Waals surface area contributed by atoms with E-state index in [1.165, 1.54) is 0 Å². The molecule has 128 valence electrons. The van der Waals surface area contributed by atoms with Crippen LogP contribution in [0, 0.1) is 0 Å². The summed E-state index contributed by atoms with van der Waals surface area (Å²) in [5.41, 5.74) is 2.65. The van der Waals surface area contributed by atoms with Crippen molar-refractivity contribution in [2.45, 2.75) is 19.9 Å². The summed E-state index contributed by atoms with van der Waals surface area (Å²) in [7, 11) is 1.63. The fourth-order valence-corrected chi connectivity index (χ4v) is 2.53. The second-order valence-electron chi connectivity index (χ2n) is 5.48. The van der Waals surface area contributed by atoms with Crippen LogP contribution in [0.5, 0.6) is 5.75 Å². The zero-order chi connectivity index (χ0) is 17.6. The molecule has 1 amide bonds. The number of hydrogen-bond acceptors (Lipinski definition) is 5. The van der Waals surface area contributed by atoms with E-state index in [1.54, 1.807) is 12.0 Å². The molecule has 2 aromatic carbocycles. The number of anilines is 1. The van der Waals surface area contributed by atoms with E-state index in [4.69, 9.17) is 4.74 Å². The molecule has 25 heavy (non-hydrogen) atoms. The smallest absolute Gasteiger partial charge is 0.227 e. The fourth-order valence-electron chi connectivity index (χ4n) is 2.53. The van der Waals surface area contributed by atoms with Gasteiger partial charge in [-0.1, -0.05) is 31.2 Å². The van der Waals surface area contributed by atoms with E-state index < -0.39 is 0 Å². The lowest BCUT2D eigenvalue weighted by atomic mass is 10.1. The Morgan fingerprint density at radius 3 is 2.64 bits per heavy atom. The van der Waals surface area contributed by atoms with E-state index >= 15 is 0 Å². The lowest BCUT2D eigenvalue weighted by Crippen LogP contribution is -2.29. The number of carbonyl (C=O) groups excluding carboxylic acids is 1. The van der Waals surface area contributed by atoms with Crippen LogP contribution >= 0.6 is 0 Å². The number of nitrogens with one attached hydrogen (secondary N) is 1. The van der Waals surface area contributed by atoms with Gasteiger partial charge in [0.05, 0.1) is 13.7 Å². The largest absolute Gasteiger partial charge is 0.497 e. The number of nitrogens with zero attached hydrogens (tertiary/aromatic N) is 4. The zero-order valence-electron chi connectivity index (χ0n) is 14.1. The molecule has 0 aliphatic rings. The van der Waals surface area contributed by atoms with Gasteiger partial charge in [-0.05, 0) is 40.3 Å². The van der Waals surface area contributed by atoms with Crippen LogP contribution in [-0.2, 0) is 11.3 Å². The molecule has 0 aliphatic heterocycles. The van der Waals surface area contributed by atoms with E-state index in [9.17, 15) is 4.79 Å². The number of methoxy groups -OCH3 is 1. The molecule has 0 saturated heterocycles. The van der Waals surface area contributed by atoms with E-state index in [0.29, 0.717) is 18.8 Å². The monoisotopic (exact) mass is 337 g/mol. The van der Waals surface area contributed by atoms with Crippen LogP contribution < -0.4 is 9.64 Å². The number of ether oxygens (including phenoxy) is 1. The number of tetrazole rings is 1. The summed E-state index contributed by atoms with van der Waals surface area (Å²) in [6, 6.07) is 15.3. The van der Waals surface area contributed by atoms with Crippen molar-refractivity contribution in [1.82, 2.24) is 20.6 Å². The quantitative estimate of drug-likeness (QED) is 0.748. The minimum Gasteiger partial charge on any atom is -0.497 e. The topological polar surface area (TPSA) is 84.0 Å². The molecule has 0 bridgehead atoms. The first-order valence-electron chi connectivity index (χ1n) is 7.98. The van der Waals surface area contributed by atoms with Crippen molar-refractivity contribution in [1.29, 1.82) is 0 Å². The summed E-state index contributed by atoms with van der Waals surface area (Å²) in [4.78, 5) is 14.2. The number of aromatic nitrogens is 4. The molecule has 1 heterocycles. The number of rotatable bonds is 6. The molecule has 0 spiro atoms. The molecule has 0 fully saturated rings. The predicted octanol–water partition coefficient (Wildman–Crippen LogP) is 2.82. The highest BCUT2D eigenvalue weighted by Crippen LogP contribution is 2.24. The first kappa shape index (κ1) is 16.6. The first-order valence-corrected chi connectivity index (χ1v) is 7.98. The lowest BCUT2D eigenvalue weighted by molar-refractivity contribution is -0.118. The van der Waals surface area contributed by atoms with E-state index in [-0.39, 0.29) is 5.91 Å². The van der Waals surface area contributed by atoms with Gasteiger partial charge in [-0.2, -0.15) is 0 Å². The minimum atomic E-state index is 0.0451. The highest BCUT2D eigenvalue weighted by Gasteiger charge is 2.16. The molecule has 3 rings (SSSR count). The van der Waals surface area contributed by atoms with Crippen molar-refractivity contribution < 1.29 is 9.53 Å². The number of H-pyrrole nitrogens is 1. The molecular weight excluding hydrogens is 318 g/mol. The highest BCUT2D eigenvalue weighted by atomic mass is 16.5.